The second-order valence-corrected chi connectivity index (χ2v) is 7.15. The number of rotatable bonds is 5. The lowest BCUT2D eigenvalue weighted by Gasteiger charge is -2.05. The number of aryl methyl sites for hydroxylation is 1. The van der Waals surface area contributed by atoms with Crippen LogP contribution >= 0.6 is 0 Å². The van der Waals surface area contributed by atoms with E-state index in [1.807, 2.05) is 14.0 Å². The Morgan fingerprint density at radius 1 is 1.38 bits per heavy atom. The van der Waals surface area contributed by atoms with Gasteiger partial charge in [-0.3, -0.25) is 0 Å². The van der Waals surface area contributed by atoms with Crippen LogP contribution in [0.5, 0.6) is 0 Å². The van der Waals surface area contributed by atoms with Gasteiger partial charge in [-0.2, -0.15) is 4.98 Å². The molecule has 2 aromatic rings. The van der Waals surface area contributed by atoms with Gasteiger partial charge < -0.3 is 9.84 Å². The molecule has 0 spiro atoms. The third-order valence-electron chi connectivity index (χ3n) is 3.28. The maximum atomic E-state index is 11.8. The summed E-state index contributed by atoms with van der Waals surface area (Å²) in [6.45, 7) is 3.78. The van der Waals surface area contributed by atoms with Crippen LogP contribution in [0.2, 0.25) is 0 Å². The van der Waals surface area contributed by atoms with Gasteiger partial charge in [-0.05, 0) is 38.6 Å². The van der Waals surface area contributed by atoms with Crippen LogP contribution in [-0.4, -0.2) is 37.9 Å². The van der Waals surface area contributed by atoms with Crippen LogP contribution in [0.25, 0.3) is 11.5 Å². The standard InChI is InChI=1S/C14H19N3O3S/c1-9-5-6-11(8-12(9)21(4,18)19)14-16-13(17-20-14)7-10(2)15-3/h5-6,8,10,15H,7H2,1-4H3. The molecule has 2 rings (SSSR count). The molecular formula is C14H19N3O3S. The van der Waals surface area contributed by atoms with Gasteiger partial charge in [0.15, 0.2) is 15.7 Å². The minimum absolute atomic E-state index is 0.236. The van der Waals surface area contributed by atoms with Gasteiger partial charge in [0, 0.05) is 24.3 Å². The molecule has 0 saturated heterocycles. The highest BCUT2D eigenvalue weighted by atomic mass is 32.2. The van der Waals surface area contributed by atoms with Crippen molar-refractivity contribution in [3.05, 3.63) is 29.6 Å². The number of hydrogen-bond donors (Lipinski definition) is 1. The Kier molecular flexibility index (Phi) is 4.43. The molecule has 0 radical (unpaired) electrons. The minimum Gasteiger partial charge on any atom is -0.334 e. The lowest BCUT2D eigenvalue weighted by atomic mass is 10.1. The van der Waals surface area contributed by atoms with Crippen molar-refractivity contribution in [1.29, 1.82) is 0 Å². The summed E-state index contributed by atoms with van der Waals surface area (Å²) in [5.41, 5.74) is 1.31. The highest BCUT2D eigenvalue weighted by molar-refractivity contribution is 7.90. The summed E-state index contributed by atoms with van der Waals surface area (Å²) in [5, 5.41) is 7.02. The number of nitrogens with zero attached hydrogens (tertiary/aromatic N) is 2. The van der Waals surface area contributed by atoms with E-state index in [9.17, 15) is 8.42 Å². The normalized spacial score (nSPS) is 13.3. The topological polar surface area (TPSA) is 85.1 Å². The van der Waals surface area contributed by atoms with Gasteiger partial charge in [-0.1, -0.05) is 11.2 Å². The van der Waals surface area contributed by atoms with E-state index in [0.29, 0.717) is 29.3 Å². The molecule has 0 fully saturated rings. The highest BCUT2D eigenvalue weighted by Gasteiger charge is 2.16. The molecule has 1 atom stereocenters. The largest absolute Gasteiger partial charge is 0.334 e. The molecule has 1 unspecified atom stereocenters. The van der Waals surface area contributed by atoms with E-state index < -0.39 is 9.84 Å². The van der Waals surface area contributed by atoms with Gasteiger partial charge >= 0.3 is 0 Å². The summed E-state index contributed by atoms with van der Waals surface area (Å²) in [6.07, 6.45) is 1.83. The molecule has 0 aliphatic carbocycles. The number of hydrogen-bond acceptors (Lipinski definition) is 6. The van der Waals surface area contributed by atoms with Crippen LogP contribution in [0.4, 0.5) is 0 Å². The molecule has 21 heavy (non-hydrogen) atoms. The average Bonchev–Trinajstić information content (AvgIpc) is 2.86. The maximum Gasteiger partial charge on any atom is 0.257 e. The Balaban J connectivity index is 2.35. The molecule has 6 nitrogen and oxygen atoms in total. The zero-order valence-electron chi connectivity index (χ0n) is 12.5. The summed E-state index contributed by atoms with van der Waals surface area (Å²) in [7, 11) is -1.41. The van der Waals surface area contributed by atoms with Crippen molar-refractivity contribution < 1.29 is 12.9 Å². The smallest absolute Gasteiger partial charge is 0.257 e. The fourth-order valence-electron chi connectivity index (χ4n) is 1.96. The van der Waals surface area contributed by atoms with Crippen LogP contribution in [0.1, 0.15) is 18.3 Å². The van der Waals surface area contributed by atoms with Crippen molar-refractivity contribution >= 4 is 9.84 Å². The second-order valence-electron chi connectivity index (χ2n) is 5.16. The number of likely N-dealkylation sites (N-methyl/N-ethyl adjacent to an activating group) is 1. The Morgan fingerprint density at radius 3 is 2.71 bits per heavy atom. The van der Waals surface area contributed by atoms with Crippen molar-refractivity contribution in [3.63, 3.8) is 0 Å². The highest BCUT2D eigenvalue weighted by Crippen LogP contribution is 2.24. The molecule has 114 valence electrons. The van der Waals surface area contributed by atoms with Crippen LogP contribution in [-0.2, 0) is 16.3 Å². The average molecular weight is 309 g/mol. The minimum atomic E-state index is -3.28. The summed E-state index contributed by atoms with van der Waals surface area (Å²) in [5.74, 6) is 0.923. The lowest BCUT2D eigenvalue weighted by Crippen LogP contribution is -2.24. The SMILES string of the molecule is CNC(C)Cc1noc(-c2ccc(C)c(S(C)(=O)=O)c2)n1. The monoisotopic (exact) mass is 309 g/mol. The van der Waals surface area contributed by atoms with Crippen molar-refractivity contribution in [2.24, 2.45) is 0 Å². The molecule has 0 aliphatic rings. The molecular weight excluding hydrogens is 290 g/mol. The zero-order chi connectivity index (χ0) is 15.6. The molecule has 1 aromatic carbocycles. The third kappa shape index (κ3) is 3.68. The van der Waals surface area contributed by atoms with E-state index in [1.165, 1.54) is 6.26 Å². The number of sulfone groups is 1. The van der Waals surface area contributed by atoms with Gasteiger partial charge in [0.05, 0.1) is 4.90 Å². The number of nitrogens with one attached hydrogen (secondary N) is 1. The fraction of sp³-hybridized carbons (Fsp3) is 0.429. The summed E-state index contributed by atoms with van der Waals surface area (Å²) < 4.78 is 28.7. The third-order valence-corrected chi connectivity index (χ3v) is 4.52. The first kappa shape index (κ1) is 15.7. The first-order valence-corrected chi connectivity index (χ1v) is 8.51. The Morgan fingerprint density at radius 2 is 2.10 bits per heavy atom. The summed E-state index contributed by atoms with van der Waals surface area (Å²) >= 11 is 0. The Bertz CT molecular complexity index is 738. The molecule has 1 heterocycles. The first-order valence-electron chi connectivity index (χ1n) is 6.62. The van der Waals surface area contributed by atoms with Crippen molar-refractivity contribution in [2.45, 2.75) is 31.2 Å². The zero-order valence-corrected chi connectivity index (χ0v) is 13.4. The molecule has 1 N–H and O–H groups in total. The van der Waals surface area contributed by atoms with Gasteiger partial charge in [0.2, 0.25) is 0 Å². The fourth-order valence-corrected chi connectivity index (χ4v) is 2.96. The van der Waals surface area contributed by atoms with E-state index in [0.717, 1.165) is 0 Å². The lowest BCUT2D eigenvalue weighted by molar-refractivity contribution is 0.418. The van der Waals surface area contributed by atoms with Crippen molar-refractivity contribution in [3.8, 4) is 11.5 Å². The van der Waals surface area contributed by atoms with Crippen LogP contribution in [0, 0.1) is 6.92 Å². The van der Waals surface area contributed by atoms with Gasteiger partial charge in [0.25, 0.3) is 5.89 Å². The molecule has 0 bridgehead atoms. The van der Waals surface area contributed by atoms with Crippen molar-refractivity contribution in [2.75, 3.05) is 13.3 Å². The molecule has 0 saturated carbocycles. The van der Waals surface area contributed by atoms with Crippen LogP contribution in [0.3, 0.4) is 0 Å². The molecule has 1 aromatic heterocycles. The predicted octanol–water partition coefficient (Wildman–Crippen LogP) is 1.60. The Labute approximate surface area is 124 Å². The van der Waals surface area contributed by atoms with E-state index in [4.69, 9.17) is 4.52 Å². The first-order chi connectivity index (χ1) is 9.81. The number of benzene rings is 1. The second kappa shape index (κ2) is 5.95. The van der Waals surface area contributed by atoms with E-state index >= 15 is 0 Å². The molecule has 0 amide bonds. The van der Waals surface area contributed by atoms with Gasteiger partial charge in [0.1, 0.15) is 0 Å². The predicted molar refractivity (Wildman–Crippen MR) is 79.8 cm³/mol. The number of aromatic nitrogens is 2. The summed E-state index contributed by atoms with van der Waals surface area (Å²) in [6, 6.07) is 5.33. The van der Waals surface area contributed by atoms with E-state index in [-0.39, 0.29) is 10.9 Å². The quantitative estimate of drug-likeness (QED) is 0.903. The van der Waals surface area contributed by atoms with E-state index in [1.54, 1.807) is 25.1 Å². The van der Waals surface area contributed by atoms with Gasteiger partial charge in [-0.15, -0.1) is 0 Å². The summed E-state index contributed by atoms with van der Waals surface area (Å²) in [4.78, 5) is 4.59. The van der Waals surface area contributed by atoms with Crippen LogP contribution in [0.15, 0.2) is 27.6 Å². The Hall–Kier alpha value is -1.73. The van der Waals surface area contributed by atoms with E-state index in [2.05, 4.69) is 15.5 Å². The van der Waals surface area contributed by atoms with Crippen LogP contribution < -0.4 is 5.32 Å². The maximum absolute atomic E-state index is 11.8. The van der Waals surface area contributed by atoms with Gasteiger partial charge in [-0.25, -0.2) is 8.42 Å². The van der Waals surface area contributed by atoms with Crippen molar-refractivity contribution in [1.82, 2.24) is 15.5 Å². The molecule has 7 heteroatoms. The molecule has 0 aliphatic heterocycles.